The van der Waals surface area contributed by atoms with E-state index < -0.39 is 0 Å². The van der Waals surface area contributed by atoms with Crippen molar-refractivity contribution in [3.8, 4) is 0 Å². The number of rotatable bonds is 2. The smallest absolute Gasteiger partial charge is 0.227 e. The molecule has 4 nitrogen and oxygen atoms in total. The number of nitrogens with zero attached hydrogens (tertiary/aromatic N) is 1. The number of carbonyl (C=O) groups is 1. The molecule has 106 valence electrons. The molecule has 1 fully saturated rings. The van der Waals surface area contributed by atoms with Gasteiger partial charge in [-0.2, -0.15) is 0 Å². The van der Waals surface area contributed by atoms with Crippen LogP contribution in [0.4, 0.5) is 10.8 Å². The van der Waals surface area contributed by atoms with E-state index in [1.54, 1.807) is 0 Å². The number of carbonyl (C=O) groups excluding carboxylic acids is 1. The highest BCUT2D eigenvalue weighted by molar-refractivity contribution is 9.10. The molecule has 3 N–H and O–H groups in total. The monoisotopic (exact) mass is 353 g/mol. The van der Waals surface area contributed by atoms with Crippen LogP contribution in [-0.2, 0) is 4.79 Å². The van der Waals surface area contributed by atoms with Crippen LogP contribution in [-0.4, -0.2) is 10.9 Å². The number of nitrogens with one attached hydrogen (secondary N) is 1. The SMILES string of the molecule is Nc1nc2c(Br)cc(NC(=O)C3CCCCC3)cc2s1. The van der Waals surface area contributed by atoms with Gasteiger partial charge in [0.2, 0.25) is 5.91 Å². The second kappa shape index (κ2) is 5.69. The Hall–Kier alpha value is -1.14. The molecular weight excluding hydrogens is 338 g/mol. The number of amides is 1. The molecule has 0 aliphatic heterocycles. The number of nitrogen functional groups attached to an aromatic ring is 1. The molecule has 1 aromatic carbocycles. The van der Waals surface area contributed by atoms with Crippen LogP contribution < -0.4 is 11.1 Å². The van der Waals surface area contributed by atoms with Crippen LogP contribution in [0, 0.1) is 5.92 Å². The quantitative estimate of drug-likeness (QED) is 0.851. The van der Waals surface area contributed by atoms with Gasteiger partial charge in [0.1, 0.15) is 0 Å². The first kappa shape index (κ1) is 13.8. The van der Waals surface area contributed by atoms with Gasteiger partial charge < -0.3 is 11.1 Å². The Kier molecular flexibility index (Phi) is 3.94. The molecule has 0 radical (unpaired) electrons. The van der Waals surface area contributed by atoms with E-state index in [4.69, 9.17) is 5.73 Å². The summed E-state index contributed by atoms with van der Waals surface area (Å²) in [7, 11) is 0. The van der Waals surface area contributed by atoms with Crippen LogP contribution >= 0.6 is 27.3 Å². The first-order valence-corrected chi connectivity index (χ1v) is 8.41. The summed E-state index contributed by atoms with van der Waals surface area (Å²) in [5.41, 5.74) is 7.39. The number of aromatic nitrogens is 1. The Morgan fingerprint density at radius 1 is 1.35 bits per heavy atom. The molecular formula is C14H16BrN3OS. The number of fused-ring (bicyclic) bond motifs is 1. The van der Waals surface area contributed by atoms with Gasteiger partial charge in [0.05, 0.1) is 10.2 Å². The van der Waals surface area contributed by atoms with E-state index >= 15 is 0 Å². The van der Waals surface area contributed by atoms with Crippen molar-refractivity contribution < 1.29 is 4.79 Å². The highest BCUT2D eigenvalue weighted by Gasteiger charge is 2.21. The Morgan fingerprint density at radius 3 is 2.85 bits per heavy atom. The van der Waals surface area contributed by atoms with E-state index in [-0.39, 0.29) is 11.8 Å². The van der Waals surface area contributed by atoms with Gasteiger partial charge in [0.15, 0.2) is 5.13 Å². The highest BCUT2D eigenvalue weighted by atomic mass is 79.9. The van der Waals surface area contributed by atoms with Crippen LogP contribution in [0.2, 0.25) is 0 Å². The Morgan fingerprint density at radius 2 is 2.10 bits per heavy atom. The van der Waals surface area contributed by atoms with Crippen molar-refractivity contribution in [3.05, 3.63) is 16.6 Å². The average Bonchev–Trinajstić information content (AvgIpc) is 2.81. The average molecular weight is 354 g/mol. The summed E-state index contributed by atoms with van der Waals surface area (Å²) in [6, 6.07) is 3.83. The summed E-state index contributed by atoms with van der Waals surface area (Å²) in [4.78, 5) is 16.5. The Bertz CT molecular complexity index is 649. The second-order valence-electron chi connectivity index (χ2n) is 5.18. The molecule has 0 bridgehead atoms. The van der Waals surface area contributed by atoms with Crippen molar-refractivity contribution in [3.63, 3.8) is 0 Å². The van der Waals surface area contributed by atoms with E-state index in [0.29, 0.717) is 5.13 Å². The van der Waals surface area contributed by atoms with Crippen LogP contribution in [0.25, 0.3) is 10.2 Å². The van der Waals surface area contributed by atoms with Gasteiger partial charge in [-0.1, -0.05) is 30.6 Å². The lowest BCUT2D eigenvalue weighted by Crippen LogP contribution is -2.24. The normalized spacial score (nSPS) is 16.4. The zero-order valence-corrected chi connectivity index (χ0v) is 13.4. The summed E-state index contributed by atoms with van der Waals surface area (Å²) in [6.07, 6.45) is 5.57. The third kappa shape index (κ3) is 2.81. The van der Waals surface area contributed by atoms with Crippen molar-refractivity contribution in [1.29, 1.82) is 0 Å². The van der Waals surface area contributed by atoms with Gasteiger partial charge in [0, 0.05) is 16.1 Å². The maximum Gasteiger partial charge on any atom is 0.227 e. The molecule has 0 atom stereocenters. The van der Waals surface area contributed by atoms with Crippen molar-refractivity contribution in [2.24, 2.45) is 5.92 Å². The number of halogens is 1. The zero-order chi connectivity index (χ0) is 14.1. The highest BCUT2D eigenvalue weighted by Crippen LogP contribution is 2.33. The summed E-state index contributed by atoms with van der Waals surface area (Å²) in [6.45, 7) is 0. The van der Waals surface area contributed by atoms with Gasteiger partial charge in [-0.25, -0.2) is 4.98 Å². The van der Waals surface area contributed by atoms with Gasteiger partial charge in [-0.05, 0) is 40.9 Å². The lowest BCUT2D eigenvalue weighted by Gasteiger charge is -2.20. The van der Waals surface area contributed by atoms with Gasteiger partial charge in [0.25, 0.3) is 0 Å². The fraction of sp³-hybridized carbons (Fsp3) is 0.429. The van der Waals surface area contributed by atoms with Crippen molar-refractivity contribution in [2.45, 2.75) is 32.1 Å². The van der Waals surface area contributed by atoms with Crippen molar-refractivity contribution in [1.82, 2.24) is 4.98 Å². The predicted octanol–water partition coefficient (Wildman–Crippen LogP) is 4.16. The van der Waals surface area contributed by atoms with Crippen LogP contribution in [0.3, 0.4) is 0 Å². The standard InChI is InChI=1S/C14H16BrN3OS/c15-10-6-9(7-11-12(10)18-14(16)20-11)17-13(19)8-4-2-1-3-5-8/h6-8H,1-5H2,(H2,16,18)(H,17,19). The molecule has 20 heavy (non-hydrogen) atoms. The van der Waals surface area contributed by atoms with E-state index in [9.17, 15) is 4.79 Å². The maximum absolute atomic E-state index is 12.3. The third-order valence-electron chi connectivity index (χ3n) is 3.71. The van der Waals surface area contributed by atoms with E-state index in [2.05, 4.69) is 26.2 Å². The maximum atomic E-state index is 12.3. The van der Waals surface area contributed by atoms with Gasteiger partial charge >= 0.3 is 0 Å². The van der Waals surface area contributed by atoms with Gasteiger partial charge in [-0.3, -0.25) is 4.79 Å². The first-order chi connectivity index (χ1) is 9.63. The van der Waals surface area contributed by atoms with E-state index in [0.717, 1.165) is 46.1 Å². The summed E-state index contributed by atoms with van der Waals surface area (Å²) >= 11 is 4.91. The molecule has 3 rings (SSSR count). The largest absolute Gasteiger partial charge is 0.375 e. The number of anilines is 2. The zero-order valence-electron chi connectivity index (χ0n) is 11.0. The van der Waals surface area contributed by atoms with Crippen molar-refractivity contribution in [2.75, 3.05) is 11.1 Å². The lowest BCUT2D eigenvalue weighted by molar-refractivity contribution is -0.120. The number of hydrogen-bond donors (Lipinski definition) is 2. The lowest BCUT2D eigenvalue weighted by atomic mass is 9.88. The molecule has 2 aromatic rings. The molecule has 6 heteroatoms. The fourth-order valence-corrected chi connectivity index (χ4v) is 4.17. The minimum atomic E-state index is 0.133. The molecule has 1 amide bonds. The number of nitrogens with two attached hydrogens (primary N) is 1. The molecule has 0 spiro atoms. The van der Waals surface area contributed by atoms with E-state index in [1.165, 1.54) is 17.8 Å². The summed E-state index contributed by atoms with van der Waals surface area (Å²) in [5.74, 6) is 0.290. The Labute approximate surface area is 129 Å². The summed E-state index contributed by atoms with van der Waals surface area (Å²) in [5, 5.41) is 3.56. The molecule has 0 saturated heterocycles. The molecule has 1 aliphatic rings. The summed E-state index contributed by atoms with van der Waals surface area (Å²) < 4.78 is 1.85. The fourth-order valence-electron chi connectivity index (χ4n) is 2.69. The van der Waals surface area contributed by atoms with Crippen LogP contribution in [0.1, 0.15) is 32.1 Å². The van der Waals surface area contributed by atoms with Crippen molar-refractivity contribution >= 4 is 54.2 Å². The Balaban J connectivity index is 1.81. The minimum Gasteiger partial charge on any atom is -0.375 e. The second-order valence-corrected chi connectivity index (χ2v) is 7.10. The number of benzene rings is 1. The van der Waals surface area contributed by atoms with Crippen LogP contribution in [0.15, 0.2) is 16.6 Å². The number of thiazole rings is 1. The number of hydrogen-bond acceptors (Lipinski definition) is 4. The molecule has 1 aliphatic carbocycles. The van der Waals surface area contributed by atoms with Crippen LogP contribution in [0.5, 0.6) is 0 Å². The van der Waals surface area contributed by atoms with Gasteiger partial charge in [-0.15, -0.1) is 0 Å². The topological polar surface area (TPSA) is 68.0 Å². The predicted molar refractivity (Wildman–Crippen MR) is 86.9 cm³/mol. The molecule has 1 saturated carbocycles. The third-order valence-corrected chi connectivity index (χ3v) is 5.14. The van der Waals surface area contributed by atoms with E-state index in [1.807, 2.05) is 12.1 Å². The molecule has 0 unspecified atom stereocenters. The molecule has 1 heterocycles. The first-order valence-electron chi connectivity index (χ1n) is 6.80. The minimum absolute atomic E-state index is 0.133. The molecule has 1 aromatic heterocycles.